The molecule has 1 N–H and O–H groups in total. The number of amides is 2. The zero-order valence-corrected chi connectivity index (χ0v) is 21.5. The Bertz CT molecular complexity index is 1550. The second-order valence-corrected chi connectivity index (χ2v) is 9.35. The molecule has 0 fully saturated rings. The molecular formula is C31H25ClN2O4. The number of anilines is 2. The first-order valence-corrected chi connectivity index (χ1v) is 12.8. The highest BCUT2D eigenvalue weighted by atomic mass is 35.5. The lowest BCUT2D eigenvalue weighted by atomic mass is 10.1. The molecular weight excluding hydrogens is 500 g/mol. The van der Waals surface area contributed by atoms with Gasteiger partial charge in [-0.1, -0.05) is 73.5 Å². The summed E-state index contributed by atoms with van der Waals surface area (Å²) in [5.74, 6) is -1.16. The van der Waals surface area contributed by atoms with Crippen LogP contribution < -0.4 is 15.0 Å². The SMILES string of the molecule is CCCCc1ccc(N2C(=O)C(Cl)=C(Nc3ccc(C(=O)Oc4cccc5ccccc45)cc3)C2=O)cc1. The van der Waals surface area contributed by atoms with Gasteiger partial charge in [0.1, 0.15) is 16.5 Å². The van der Waals surface area contributed by atoms with Crippen LogP contribution in [0.2, 0.25) is 0 Å². The molecule has 0 saturated heterocycles. The molecule has 5 rings (SSSR count). The van der Waals surface area contributed by atoms with Crippen molar-refractivity contribution in [2.24, 2.45) is 0 Å². The number of halogens is 1. The molecule has 0 spiro atoms. The predicted octanol–water partition coefficient (Wildman–Crippen LogP) is 6.84. The predicted molar refractivity (Wildman–Crippen MR) is 149 cm³/mol. The highest BCUT2D eigenvalue weighted by molar-refractivity contribution is 6.53. The maximum absolute atomic E-state index is 13.1. The van der Waals surface area contributed by atoms with Crippen LogP contribution in [-0.2, 0) is 16.0 Å². The van der Waals surface area contributed by atoms with Gasteiger partial charge in [-0.25, -0.2) is 9.69 Å². The van der Waals surface area contributed by atoms with Crippen molar-refractivity contribution < 1.29 is 19.1 Å². The van der Waals surface area contributed by atoms with Crippen LogP contribution >= 0.6 is 11.6 Å². The Morgan fingerprint density at radius 1 is 0.868 bits per heavy atom. The third kappa shape index (κ3) is 5.04. The van der Waals surface area contributed by atoms with Crippen molar-refractivity contribution in [1.29, 1.82) is 0 Å². The van der Waals surface area contributed by atoms with E-state index in [9.17, 15) is 14.4 Å². The molecule has 6 nitrogen and oxygen atoms in total. The van der Waals surface area contributed by atoms with E-state index < -0.39 is 17.8 Å². The van der Waals surface area contributed by atoms with Gasteiger partial charge in [0.25, 0.3) is 11.8 Å². The van der Waals surface area contributed by atoms with Gasteiger partial charge in [-0.3, -0.25) is 9.59 Å². The van der Waals surface area contributed by atoms with Gasteiger partial charge in [0, 0.05) is 11.1 Å². The largest absolute Gasteiger partial charge is 0.422 e. The molecule has 4 aromatic carbocycles. The smallest absolute Gasteiger partial charge is 0.343 e. The first kappa shape index (κ1) is 25.2. The first-order valence-electron chi connectivity index (χ1n) is 12.4. The maximum atomic E-state index is 13.1. The van der Waals surface area contributed by atoms with Crippen molar-refractivity contribution in [1.82, 2.24) is 0 Å². The lowest BCUT2D eigenvalue weighted by Gasteiger charge is -2.15. The lowest BCUT2D eigenvalue weighted by Crippen LogP contribution is -2.32. The van der Waals surface area contributed by atoms with E-state index >= 15 is 0 Å². The van der Waals surface area contributed by atoms with Gasteiger partial charge in [0.05, 0.1) is 11.3 Å². The van der Waals surface area contributed by atoms with Gasteiger partial charge in [0.15, 0.2) is 0 Å². The van der Waals surface area contributed by atoms with Crippen molar-refractivity contribution in [3.63, 3.8) is 0 Å². The fourth-order valence-electron chi connectivity index (χ4n) is 4.32. The second kappa shape index (κ2) is 10.9. The Kier molecular flexibility index (Phi) is 7.24. The van der Waals surface area contributed by atoms with E-state index in [0.717, 1.165) is 40.5 Å². The molecule has 1 aliphatic rings. The van der Waals surface area contributed by atoms with E-state index in [1.165, 1.54) is 0 Å². The Labute approximate surface area is 225 Å². The van der Waals surface area contributed by atoms with E-state index in [4.69, 9.17) is 16.3 Å². The number of hydrogen-bond acceptors (Lipinski definition) is 5. The second-order valence-electron chi connectivity index (χ2n) is 8.97. The van der Waals surface area contributed by atoms with Gasteiger partial charge in [-0.15, -0.1) is 0 Å². The minimum Gasteiger partial charge on any atom is -0.422 e. The minimum absolute atomic E-state index is 0.0159. The van der Waals surface area contributed by atoms with E-state index in [1.54, 1.807) is 42.5 Å². The summed E-state index contributed by atoms with van der Waals surface area (Å²) in [6.07, 6.45) is 3.10. The summed E-state index contributed by atoms with van der Waals surface area (Å²) >= 11 is 6.27. The van der Waals surface area contributed by atoms with Crippen LogP contribution in [0.15, 0.2) is 102 Å². The monoisotopic (exact) mass is 524 g/mol. The number of esters is 1. The summed E-state index contributed by atoms with van der Waals surface area (Å²) in [5, 5.41) is 4.56. The van der Waals surface area contributed by atoms with Gasteiger partial charge < -0.3 is 10.1 Å². The number of benzene rings is 4. The number of fused-ring (bicyclic) bond motifs is 1. The number of ether oxygens (including phenoxy) is 1. The molecule has 0 bridgehead atoms. The fourth-order valence-corrected chi connectivity index (χ4v) is 4.53. The fraction of sp³-hybridized carbons (Fsp3) is 0.129. The van der Waals surface area contributed by atoms with Crippen LogP contribution in [0, 0.1) is 0 Å². The molecule has 7 heteroatoms. The zero-order chi connectivity index (χ0) is 26.6. The summed E-state index contributed by atoms with van der Waals surface area (Å²) in [5.41, 5.74) is 2.42. The van der Waals surface area contributed by atoms with Crippen molar-refractivity contribution in [2.45, 2.75) is 26.2 Å². The standard InChI is InChI=1S/C31H25ClN2O4/c1-2-3-7-20-12-18-24(19-13-20)34-29(35)27(32)28(30(34)36)33-23-16-14-22(15-17-23)31(37)38-26-11-6-9-21-8-4-5-10-25(21)26/h4-6,8-19,33H,2-3,7H2,1H3. The van der Waals surface area contributed by atoms with Gasteiger partial charge in [-0.05, 0) is 66.3 Å². The van der Waals surface area contributed by atoms with Crippen LogP contribution in [0.25, 0.3) is 10.8 Å². The molecule has 0 radical (unpaired) electrons. The van der Waals surface area contributed by atoms with Gasteiger partial charge >= 0.3 is 5.97 Å². The number of rotatable bonds is 8. The van der Waals surface area contributed by atoms with Crippen LogP contribution in [0.5, 0.6) is 5.75 Å². The summed E-state index contributed by atoms with van der Waals surface area (Å²) in [4.78, 5) is 39.7. The van der Waals surface area contributed by atoms with Gasteiger partial charge in [0.2, 0.25) is 0 Å². The molecule has 0 saturated carbocycles. The molecule has 1 heterocycles. The summed E-state index contributed by atoms with van der Waals surface area (Å²) in [7, 11) is 0. The lowest BCUT2D eigenvalue weighted by molar-refractivity contribution is -0.120. The molecule has 38 heavy (non-hydrogen) atoms. The number of unbranched alkanes of at least 4 members (excludes halogenated alkanes) is 1. The molecule has 4 aromatic rings. The molecule has 0 aromatic heterocycles. The summed E-state index contributed by atoms with van der Waals surface area (Å²) in [6.45, 7) is 2.13. The van der Waals surface area contributed by atoms with Crippen molar-refractivity contribution in [3.05, 3.63) is 113 Å². The quantitative estimate of drug-likeness (QED) is 0.155. The number of carbonyl (C=O) groups is 3. The topological polar surface area (TPSA) is 75.7 Å². The van der Waals surface area contributed by atoms with Crippen molar-refractivity contribution in [3.8, 4) is 5.75 Å². The number of aryl methyl sites for hydroxylation is 1. The number of nitrogens with one attached hydrogen (secondary N) is 1. The normalized spacial score (nSPS) is 13.4. The summed E-state index contributed by atoms with van der Waals surface area (Å²) in [6, 6.07) is 26.9. The average molecular weight is 525 g/mol. The average Bonchev–Trinajstić information content (AvgIpc) is 3.15. The van der Waals surface area contributed by atoms with E-state index in [0.29, 0.717) is 22.7 Å². The van der Waals surface area contributed by atoms with E-state index in [2.05, 4.69) is 12.2 Å². The molecule has 0 aliphatic carbocycles. The van der Waals surface area contributed by atoms with Crippen molar-refractivity contribution in [2.75, 3.05) is 10.2 Å². The van der Waals surface area contributed by atoms with E-state index in [-0.39, 0.29) is 10.7 Å². The number of nitrogens with zero attached hydrogens (tertiary/aromatic N) is 1. The molecule has 2 amide bonds. The highest BCUT2D eigenvalue weighted by Gasteiger charge is 2.38. The minimum atomic E-state index is -0.587. The third-order valence-electron chi connectivity index (χ3n) is 6.38. The Hall–Kier alpha value is -4.42. The van der Waals surface area contributed by atoms with Crippen molar-refractivity contribution >= 4 is 51.5 Å². The molecule has 0 unspecified atom stereocenters. The zero-order valence-electron chi connectivity index (χ0n) is 20.7. The van der Waals surface area contributed by atoms with Crippen LogP contribution in [0.3, 0.4) is 0 Å². The number of hydrogen-bond donors (Lipinski definition) is 1. The number of imide groups is 1. The number of carbonyl (C=O) groups excluding carboxylic acids is 3. The van der Waals surface area contributed by atoms with Crippen LogP contribution in [-0.4, -0.2) is 17.8 Å². The molecule has 0 atom stereocenters. The van der Waals surface area contributed by atoms with E-state index in [1.807, 2.05) is 48.5 Å². The maximum Gasteiger partial charge on any atom is 0.343 e. The highest BCUT2D eigenvalue weighted by Crippen LogP contribution is 2.31. The summed E-state index contributed by atoms with van der Waals surface area (Å²) < 4.78 is 5.63. The molecule has 1 aliphatic heterocycles. The Morgan fingerprint density at radius 3 is 2.32 bits per heavy atom. The Balaban J connectivity index is 1.28. The third-order valence-corrected chi connectivity index (χ3v) is 6.73. The first-order chi connectivity index (χ1) is 18.5. The Morgan fingerprint density at radius 2 is 1.58 bits per heavy atom. The van der Waals surface area contributed by atoms with Gasteiger partial charge in [-0.2, -0.15) is 0 Å². The van der Waals surface area contributed by atoms with Crippen LogP contribution in [0.4, 0.5) is 11.4 Å². The van der Waals surface area contributed by atoms with Crippen LogP contribution in [0.1, 0.15) is 35.7 Å². The molecule has 190 valence electrons.